The lowest BCUT2D eigenvalue weighted by Gasteiger charge is -2.29. The van der Waals surface area contributed by atoms with Gasteiger partial charge < -0.3 is 9.47 Å². The fraction of sp³-hybridized carbons (Fsp3) is 0.438. The molecule has 1 aromatic rings. The topological polar surface area (TPSA) is 72.9 Å². The third-order valence-electron chi connectivity index (χ3n) is 3.63. The van der Waals surface area contributed by atoms with Gasteiger partial charge in [0.05, 0.1) is 12.3 Å². The molecule has 1 aromatic carbocycles. The van der Waals surface area contributed by atoms with Gasteiger partial charge in [-0.25, -0.2) is 4.79 Å². The number of esters is 2. The van der Waals surface area contributed by atoms with E-state index in [9.17, 15) is 14.4 Å². The first-order chi connectivity index (χ1) is 11.0. The molecule has 1 aliphatic heterocycles. The second-order valence-electron chi connectivity index (χ2n) is 5.27. The Morgan fingerprint density at radius 1 is 1.35 bits per heavy atom. The van der Waals surface area contributed by atoms with Crippen LogP contribution in [0.1, 0.15) is 17.5 Å². The highest BCUT2D eigenvalue weighted by molar-refractivity contribution is 6.26. The fourth-order valence-corrected chi connectivity index (χ4v) is 2.69. The summed E-state index contributed by atoms with van der Waals surface area (Å²) in [5.74, 6) is -1.95. The molecule has 23 heavy (non-hydrogen) atoms. The molecule has 1 aliphatic rings. The first kappa shape index (κ1) is 17.3. The van der Waals surface area contributed by atoms with Crippen molar-refractivity contribution in [3.8, 4) is 0 Å². The van der Waals surface area contributed by atoms with Gasteiger partial charge >= 0.3 is 11.9 Å². The van der Waals surface area contributed by atoms with Crippen LogP contribution in [0.3, 0.4) is 0 Å². The molecule has 6 nitrogen and oxygen atoms in total. The lowest BCUT2D eigenvalue weighted by molar-refractivity contribution is -0.146. The lowest BCUT2D eigenvalue weighted by Crippen LogP contribution is -2.46. The number of para-hydroxylation sites is 1. The highest BCUT2D eigenvalue weighted by atomic mass is 35.5. The maximum atomic E-state index is 12.6. The number of halogens is 1. The summed E-state index contributed by atoms with van der Waals surface area (Å²) in [6.07, 6.45) is 0.405. The number of ether oxygens (including phenoxy) is 2. The van der Waals surface area contributed by atoms with E-state index < -0.39 is 30.5 Å². The number of cyclic esters (lactones) is 1. The van der Waals surface area contributed by atoms with E-state index in [-0.39, 0.29) is 12.5 Å². The van der Waals surface area contributed by atoms with Crippen molar-refractivity contribution in [2.75, 3.05) is 24.0 Å². The second-order valence-corrected chi connectivity index (χ2v) is 5.54. The zero-order chi connectivity index (χ0) is 17.0. The number of carbonyl (C=O) groups excluding carboxylic acids is 3. The van der Waals surface area contributed by atoms with Crippen LogP contribution in [0.5, 0.6) is 0 Å². The molecule has 1 heterocycles. The van der Waals surface area contributed by atoms with E-state index in [0.29, 0.717) is 12.1 Å². The van der Waals surface area contributed by atoms with Gasteiger partial charge in [-0.3, -0.25) is 14.5 Å². The van der Waals surface area contributed by atoms with Crippen LogP contribution in [0.25, 0.3) is 0 Å². The first-order valence-electron chi connectivity index (χ1n) is 7.22. The average Bonchev–Trinajstić information content (AvgIpc) is 2.94. The molecule has 1 unspecified atom stereocenters. The van der Waals surface area contributed by atoms with Crippen LogP contribution in [0.4, 0.5) is 5.69 Å². The number of carbonyl (C=O) groups is 3. The standard InChI is InChI=1S/C16H18ClNO5/c1-10-4-3-5-11(2)15(10)18(12-6-7-22-16(12)21)13(19)9-23-14(20)8-17/h3-5,12H,6-9H2,1-2H3. The minimum absolute atomic E-state index is 0.264. The number of amides is 1. The second kappa shape index (κ2) is 7.46. The minimum Gasteiger partial charge on any atom is -0.464 e. The normalized spacial score (nSPS) is 16.8. The molecular formula is C16H18ClNO5. The van der Waals surface area contributed by atoms with E-state index in [1.807, 2.05) is 32.0 Å². The molecule has 7 heteroatoms. The SMILES string of the molecule is Cc1cccc(C)c1N(C(=O)COC(=O)CCl)C1CCOC1=O. The van der Waals surface area contributed by atoms with Crippen molar-refractivity contribution >= 4 is 35.1 Å². The Morgan fingerprint density at radius 2 is 2.00 bits per heavy atom. The molecule has 1 fully saturated rings. The van der Waals surface area contributed by atoms with Gasteiger partial charge in [0.25, 0.3) is 5.91 Å². The maximum absolute atomic E-state index is 12.6. The van der Waals surface area contributed by atoms with Gasteiger partial charge in [-0.05, 0) is 25.0 Å². The van der Waals surface area contributed by atoms with Crippen LogP contribution in [-0.2, 0) is 23.9 Å². The molecule has 1 saturated heterocycles. The monoisotopic (exact) mass is 339 g/mol. The van der Waals surface area contributed by atoms with E-state index in [0.717, 1.165) is 11.1 Å². The number of rotatable bonds is 5. The van der Waals surface area contributed by atoms with Gasteiger partial charge in [0.15, 0.2) is 6.61 Å². The highest BCUT2D eigenvalue weighted by Crippen LogP contribution is 2.29. The van der Waals surface area contributed by atoms with Crippen molar-refractivity contribution in [2.24, 2.45) is 0 Å². The molecule has 1 amide bonds. The van der Waals surface area contributed by atoms with Gasteiger partial charge in [-0.1, -0.05) is 18.2 Å². The first-order valence-corrected chi connectivity index (χ1v) is 7.75. The van der Waals surface area contributed by atoms with E-state index in [2.05, 4.69) is 0 Å². The van der Waals surface area contributed by atoms with Crippen molar-refractivity contribution in [3.05, 3.63) is 29.3 Å². The Bertz CT molecular complexity index is 611. The maximum Gasteiger partial charge on any atom is 0.329 e. The Balaban J connectivity index is 2.34. The largest absolute Gasteiger partial charge is 0.464 e. The smallest absolute Gasteiger partial charge is 0.329 e. The summed E-state index contributed by atoms with van der Waals surface area (Å²) in [5, 5.41) is 0. The zero-order valence-corrected chi connectivity index (χ0v) is 13.8. The van der Waals surface area contributed by atoms with Crippen molar-refractivity contribution in [1.29, 1.82) is 0 Å². The van der Waals surface area contributed by atoms with Crippen molar-refractivity contribution in [1.82, 2.24) is 0 Å². The van der Waals surface area contributed by atoms with Gasteiger partial charge in [-0.15, -0.1) is 11.6 Å². The van der Waals surface area contributed by atoms with E-state index in [4.69, 9.17) is 21.1 Å². The van der Waals surface area contributed by atoms with Gasteiger partial charge in [0.1, 0.15) is 11.9 Å². The molecule has 0 bridgehead atoms. The van der Waals surface area contributed by atoms with E-state index >= 15 is 0 Å². The predicted octanol–water partition coefficient (Wildman–Crippen LogP) is 1.73. The van der Waals surface area contributed by atoms with E-state index in [1.165, 1.54) is 4.90 Å². The van der Waals surface area contributed by atoms with Crippen LogP contribution in [0.2, 0.25) is 0 Å². The number of alkyl halides is 1. The quantitative estimate of drug-likeness (QED) is 0.603. The van der Waals surface area contributed by atoms with Crippen LogP contribution in [-0.4, -0.2) is 43.0 Å². The summed E-state index contributed by atoms with van der Waals surface area (Å²) in [6.45, 7) is 3.50. The number of benzene rings is 1. The molecule has 0 saturated carbocycles. The number of hydrogen-bond donors (Lipinski definition) is 0. The lowest BCUT2D eigenvalue weighted by atomic mass is 10.0. The summed E-state index contributed by atoms with van der Waals surface area (Å²) >= 11 is 5.36. The highest BCUT2D eigenvalue weighted by Gasteiger charge is 2.37. The summed E-state index contributed by atoms with van der Waals surface area (Å²) < 4.78 is 9.80. The molecule has 0 aromatic heterocycles. The Labute approximate surface area is 139 Å². The van der Waals surface area contributed by atoms with Gasteiger partial charge in [0.2, 0.25) is 0 Å². The zero-order valence-electron chi connectivity index (χ0n) is 13.0. The Hall–Kier alpha value is -2.08. The van der Waals surface area contributed by atoms with E-state index in [1.54, 1.807) is 0 Å². The summed E-state index contributed by atoms with van der Waals surface area (Å²) in [4.78, 5) is 37.1. The Morgan fingerprint density at radius 3 is 2.52 bits per heavy atom. The third-order valence-corrected chi connectivity index (χ3v) is 3.85. The molecule has 1 atom stereocenters. The van der Waals surface area contributed by atoms with Crippen LogP contribution >= 0.6 is 11.6 Å². The van der Waals surface area contributed by atoms with Crippen LogP contribution in [0, 0.1) is 13.8 Å². The molecule has 0 radical (unpaired) electrons. The number of anilines is 1. The van der Waals surface area contributed by atoms with Crippen molar-refractivity contribution in [2.45, 2.75) is 26.3 Å². The van der Waals surface area contributed by atoms with Crippen LogP contribution in [0.15, 0.2) is 18.2 Å². The summed E-state index contributed by atoms with van der Waals surface area (Å²) in [6, 6.07) is 4.87. The molecule has 2 rings (SSSR count). The van der Waals surface area contributed by atoms with Crippen LogP contribution < -0.4 is 4.90 Å². The third kappa shape index (κ3) is 3.82. The number of hydrogen-bond acceptors (Lipinski definition) is 5. The van der Waals surface area contributed by atoms with Gasteiger partial charge in [-0.2, -0.15) is 0 Å². The number of aryl methyl sites for hydroxylation is 2. The molecule has 0 spiro atoms. The molecule has 124 valence electrons. The summed E-state index contributed by atoms with van der Waals surface area (Å²) in [7, 11) is 0. The van der Waals surface area contributed by atoms with Gasteiger partial charge in [0, 0.05) is 6.42 Å². The molecule has 0 N–H and O–H groups in total. The predicted molar refractivity (Wildman–Crippen MR) is 84.4 cm³/mol. The van der Waals surface area contributed by atoms with Crippen molar-refractivity contribution in [3.63, 3.8) is 0 Å². The summed E-state index contributed by atoms with van der Waals surface area (Å²) in [5.41, 5.74) is 2.34. The number of nitrogens with zero attached hydrogens (tertiary/aromatic N) is 1. The molecular weight excluding hydrogens is 322 g/mol. The minimum atomic E-state index is -0.711. The molecule has 0 aliphatic carbocycles. The Kier molecular flexibility index (Phi) is 5.60. The van der Waals surface area contributed by atoms with Crippen molar-refractivity contribution < 1.29 is 23.9 Å². The average molecular weight is 340 g/mol. The fourth-order valence-electron chi connectivity index (χ4n) is 2.61.